The van der Waals surface area contributed by atoms with Crippen molar-refractivity contribution in [3.05, 3.63) is 88.6 Å². The number of hydrogen-bond donors (Lipinski definition) is 1. The topological polar surface area (TPSA) is 99.8 Å². The van der Waals surface area contributed by atoms with Crippen LogP contribution >= 0.6 is 0 Å². The molecule has 0 fully saturated rings. The molecule has 1 aromatic heterocycles. The molecule has 0 aliphatic carbocycles. The zero-order chi connectivity index (χ0) is 19.7. The third kappa shape index (κ3) is 3.07. The first-order chi connectivity index (χ1) is 13.5. The molecule has 0 aliphatic rings. The van der Waals surface area contributed by atoms with Crippen LogP contribution in [-0.4, -0.2) is 11.1 Å². The monoisotopic (exact) mass is 373 g/mol. The van der Waals surface area contributed by atoms with Crippen molar-refractivity contribution in [3.8, 4) is 28.6 Å². The van der Waals surface area contributed by atoms with Gasteiger partial charge in [-0.3, -0.25) is 4.79 Å². The van der Waals surface area contributed by atoms with Crippen LogP contribution in [-0.2, 0) is 0 Å². The number of hydrogen-bond acceptors (Lipinski definition) is 5. The van der Waals surface area contributed by atoms with Gasteiger partial charge in [0.1, 0.15) is 11.3 Å². The summed E-state index contributed by atoms with van der Waals surface area (Å²) in [6, 6.07) is 18.5. The number of carbonyl (C=O) groups is 1. The second-order valence-electron chi connectivity index (χ2n) is 6.01. The molecule has 0 saturated heterocycles. The van der Waals surface area contributed by atoms with E-state index in [4.69, 9.17) is 9.15 Å². The molecule has 0 aliphatic heterocycles. The lowest BCUT2D eigenvalue weighted by atomic mass is 10.0. The van der Waals surface area contributed by atoms with Crippen LogP contribution in [0.25, 0.3) is 22.3 Å². The highest BCUT2D eigenvalue weighted by atomic mass is 16.5. The van der Waals surface area contributed by atoms with E-state index in [-0.39, 0.29) is 39.4 Å². The third-order valence-electron chi connectivity index (χ3n) is 4.19. The van der Waals surface area contributed by atoms with Crippen LogP contribution in [0.5, 0.6) is 17.2 Å². The van der Waals surface area contributed by atoms with Crippen molar-refractivity contribution in [2.45, 2.75) is 0 Å². The predicted octanol–water partition coefficient (Wildman–Crippen LogP) is 4.02. The fourth-order valence-corrected chi connectivity index (χ4v) is 2.90. The molecule has 138 valence electrons. The number of ether oxygens (including phenoxy) is 1. The van der Waals surface area contributed by atoms with Gasteiger partial charge >= 0.3 is 5.97 Å². The van der Waals surface area contributed by atoms with Crippen LogP contribution in [0.4, 0.5) is 0 Å². The maximum atomic E-state index is 13.1. The van der Waals surface area contributed by atoms with Crippen molar-refractivity contribution >= 4 is 16.9 Å². The number of carboxylic acid groups (broad SMARTS) is 1. The molecule has 6 heteroatoms. The predicted molar refractivity (Wildman–Crippen MR) is 101 cm³/mol. The van der Waals surface area contributed by atoms with Crippen molar-refractivity contribution < 1.29 is 24.2 Å². The minimum atomic E-state index is -1.18. The first-order valence-electron chi connectivity index (χ1n) is 8.38. The quantitative estimate of drug-likeness (QED) is 0.580. The minimum Gasteiger partial charge on any atom is -0.872 e. The second-order valence-corrected chi connectivity index (χ2v) is 6.01. The number of para-hydroxylation sites is 1. The Morgan fingerprint density at radius 2 is 1.68 bits per heavy atom. The minimum absolute atomic E-state index is 0.0510. The summed E-state index contributed by atoms with van der Waals surface area (Å²) in [6.07, 6.45) is 0. The Hall–Kier alpha value is -4.06. The molecule has 0 radical (unpaired) electrons. The van der Waals surface area contributed by atoms with Crippen molar-refractivity contribution in [2.24, 2.45) is 0 Å². The van der Waals surface area contributed by atoms with Crippen molar-refractivity contribution in [1.29, 1.82) is 0 Å². The molecule has 0 atom stereocenters. The van der Waals surface area contributed by atoms with E-state index in [0.717, 1.165) is 0 Å². The third-order valence-corrected chi connectivity index (χ3v) is 4.19. The van der Waals surface area contributed by atoms with Crippen molar-refractivity contribution in [1.82, 2.24) is 0 Å². The van der Waals surface area contributed by atoms with Gasteiger partial charge in [-0.05, 0) is 30.3 Å². The van der Waals surface area contributed by atoms with E-state index in [0.29, 0.717) is 5.75 Å². The summed E-state index contributed by atoms with van der Waals surface area (Å²) in [5, 5.41) is 21.4. The van der Waals surface area contributed by atoms with Gasteiger partial charge in [-0.2, -0.15) is 0 Å². The molecule has 28 heavy (non-hydrogen) atoms. The summed E-state index contributed by atoms with van der Waals surface area (Å²) >= 11 is 0. The Labute approximate surface area is 158 Å². The van der Waals surface area contributed by atoms with E-state index >= 15 is 0 Å². The first-order valence-corrected chi connectivity index (χ1v) is 8.38. The lowest BCUT2D eigenvalue weighted by Crippen LogP contribution is -2.09. The Morgan fingerprint density at radius 1 is 0.964 bits per heavy atom. The van der Waals surface area contributed by atoms with E-state index in [2.05, 4.69) is 0 Å². The van der Waals surface area contributed by atoms with Crippen LogP contribution in [0.3, 0.4) is 0 Å². The van der Waals surface area contributed by atoms with E-state index in [9.17, 15) is 19.8 Å². The highest BCUT2D eigenvalue weighted by Gasteiger charge is 2.22. The zero-order valence-electron chi connectivity index (χ0n) is 14.4. The molecule has 4 aromatic rings. The van der Waals surface area contributed by atoms with Gasteiger partial charge in [-0.25, -0.2) is 4.79 Å². The van der Waals surface area contributed by atoms with Gasteiger partial charge in [-0.15, -0.1) is 5.75 Å². The van der Waals surface area contributed by atoms with Crippen LogP contribution in [0.2, 0.25) is 0 Å². The molecule has 6 nitrogen and oxygen atoms in total. The van der Waals surface area contributed by atoms with Gasteiger partial charge < -0.3 is 19.4 Å². The van der Waals surface area contributed by atoms with Gasteiger partial charge in [0.2, 0.25) is 11.2 Å². The van der Waals surface area contributed by atoms with E-state index < -0.39 is 11.4 Å². The molecule has 0 bridgehead atoms. The Kier molecular flexibility index (Phi) is 4.29. The summed E-state index contributed by atoms with van der Waals surface area (Å²) < 4.78 is 11.6. The normalized spacial score (nSPS) is 10.7. The SMILES string of the molecule is O=C(O)c1ccccc1-c1oc2cc([O-])ccc2c(=O)c1Oc1ccccc1. The van der Waals surface area contributed by atoms with Crippen molar-refractivity contribution in [3.63, 3.8) is 0 Å². The lowest BCUT2D eigenvalue weighted by Gasteiger charge is -2.14. The highest BCUT2D eigenvalue weighted by Crippen LogP contribution is 2.35. The van der Waals surface area contributed by atoms with Crippen LogP contribution < -0.4 is 15.3 Å². The summed E-state index contributed by atoms with van der Waals surface area (Å²) in [6.45, 7) is 0. The molecule has 1 N–H and O–H groups in total. The fraction of sp³-hybridized carbons (Fsp3) is 0. The van der Waals surface area contributed by atoms with Gasteiger partial charge in [0, 0.05) is 5.56 Å². The molecule has 0 unspecified atom stereocenters. The summed E-state index contributed by atoms with van der Waals surface area (Å²) in [4.78, 5) is 24.7. The maximum absolute atomic E-state index is 13.1. The van der Waals surface area contributed by atoms with Gasteiger partial charge in [0.15, 0.2) is 5.76 Å². The number of aromatic carboxylic acids is 1. The summed E-state index contributed by atoms with van der Waals surface area (Å²) in [5.74, 6) is -1.31. The molecule has 3 aromatic carbocycles. The smallest absolute Gasteiger partial charge is 0.336 e. The molecule has 0 amide bonds. The molecule has 4 rings (SSSR count). The Morgan fingerprint density at radius 3 is 2.43 bits per heavy atom. The molecular weight excluding hydrogens is 360 g/mol. The lowest BCUT2D eigenvalue weighted by molar-refractivity contribution is -0.268. The Balaban J connectivity index is 2.05. The fourth-order valence-electron chi connectivity index (χ4n) is 2.90. The van der Waals surface area contributed by atoms with Gasteiger partial charge in [0.25, 0.3) is 0 Å². The number of carboxylic acids is 1. The summed E-state index contributed by atoms with van der Waals surface area (Å²) in [5.41, 5.74) is -0.314. The molecule has 0 saturated carbocycles. The van der Waals surface area contributed by atoms with Crippen molar-refractivity contribution in [2.75, 3.05) is 0 Å². The molecule has 1 heterocycles. The van der Waals surface area contributed by atoms with E-state index in [1.54, 1.807) is 42.5 Å². The van der Waals surface area contributed by atoms with Crippen LogP contribution in [0, 0.1) is 0 Å². The molecular formula is C22H13O6-. The Bertz CT molecular complexity index is 1240. The van der Waals surface area contributed by atoms with Crippen LogP contribution in [0.1, 0.15) is 10.4 Å². The van der Waals surface area contributed by atoms with Gasteiger partial charge in [0.05, 0.1) is 10.9 Å². The average molecular weight is 373 g/mol. The highest BCUT2D eigenvalue weighted by molar-refractivity contribution is 5.96. The average Bonchev–Trinajstić information content (AvgIpc) is 2.70. The first kappa shape index (κ1) is 17.4. The van der Waals surface area contributed by atoms with E-state index in [1.165, 1.54) is 30.3 Å². The zero-order valence-corrected chi connectivity index (χ0v) is 14.4. The van der Waals surface area contributed by atoms with E-state index in [1.807, 2.05) is 0 Å². The molecule has 0 spiro atoms. The second kappa shape index (κ2) is 6.92. The number of rotatable bonds is 4. The standard InChI is InChI=1S/C22H14O6/c23-13-10-11-17-18(12-13)28-20(15-8-4-5-9-16(15)22(25)26)21(19(17)24)27-14-6-2-1-3-7-14/h1-12,23H,(H,25,26)/p-1. The number of fused-ring (bicyclic) bond motifs is 1. The van der Waals surface area contributed by atoms with Gasteiger partial charge in [-0.1, -0.05) is 42.5 Å². The van der Waals surface area contributed by atoms with Crippen LogP contribution in [0.15, 0.2) is 82.0 Å². The maximum Gasteiger partial charge on any atom is 0.336 e. The summed E-state index contributed by atoms with van der Waals surface area (Å²) in [7, 11) is 0. The number of benzene rings is 3. The largest absolute Gasteiger partial charge is 0.872 e.